The number of ether oxygens (including phenoxy) is 3. The molecule has 0 aromatic heterocycles. The zero-order valence-electron chi connectivity index (χ0n) is 17.0. The van der Waals surface area contributed by atoms with Gasteiger partial charge in [0.25, 0.3) is 0 Å². The Kier molecular flexibility index (Phi) is 6.40. The largest absolute Gasteiger partial charge is 0.493 e. The Labute approximate surface area is 158 Å². The van der Waals surface area contributed by atoms with Crippen molar-refractivity contribution in [3.8, 4) is 11.5 Å². The summed E-state index contributed by atoms with van der Waals surface area (Å²) < 4.78 is 22.8. The molecule has 0 unspecified atom stereocenters. The Balaban J connectivity index is 2.05. The molecule has 1 saturated carbocycles. The molecule has 1 aliphatic rings. The van der Waals surface area contributed by atoms with Gasteiger partial charge in [-0.1, -0.05) is 20.8 Å². The van der Waals surface area contributed by atoms with Crippen molar-refractivity contribution < 1.29 is 23.4 Å². The molecule has 0 aliphatic heterocycles. The summed E-state index contributed by atoms with van der Waals surface area (Å²) in [6.07, 6.45) is 3.08. The molecule has 146 valence electrons. The smallest absolute Gasteiger partial charge is 0.337 e. The Bertz CT molecular complexity index is 636. The van der Waals surface area contributed by atoms with Gasteiger partial charge >= 0.3 is 5.97 Å². The van der Waals surface area contributed by atoms with Crippen LogP contribution in [0, 0.1) is 0 Å². The molecule has 0 heterocycles. The molecule has 0 bridgehead atoms. The van der Waals surface area contributed by atoms with Crippen LogP contribution in [0.1, 0.15) is 50.4 Å². The maximum Gasteiger partial charge on any atom is 0.337 e. The van der Waals surface area contributed by atoms with Gasteiger partial charge in [0, 0.05) is 12.5 Å². The molecule has 26 heavy (non-hydrogen) atoms. The second-order valence-corrected chi connectivity index (χ2v) is 13.2. The van der Waals surface area contributed by atoms with Crippen LogP contribution in [0.3, 0.4) is 0 Å². The van der Waals surface area contributed by atoms with Crippen LogP contribution in [-0.2, 0) is 9.16 Å². The van der Waals surface area contributed by atoms with Gasteiger partial charge in [0.05, 0.1) is 19.8 Å². The van der Waals surface area contributed by atoms with E-state index in [-0.39, 0.29) is 23.2 Å². The molecular weight excluding hydrogens is 348 g/mol. The van der Waals surface area contributed by atoms with Crippen molar-refractivity contribution in [2.45, 2.75) is 70.4 Å². The van der Waals surface area contributed by atoms with Gasteiger partial charge in [0.1, 0.15) is 6.10 Å². The first-order valence-electron chi connectivity index (χ1n) is 9.18. The molecule has 0 radical (unpaired) electrons. The highest BCUT2D eigenvalue weighted by Gasteiger charge is 2.41. The lowest BCUT2D eigenvalue weighted by Crippen LogP contribution is -2.43. The third-order valence-electron chi connectivity index (χ3n) is 5.48. The minimum atomic E-state index is -1.78. The van der Waals surface area contributed by atoms with Crippen LogP contribution >= 0.6 is 0 Å². The fourth-order valence-electron chi connectivity index (χ4n) is 2.90. The van der Waals surface area contributed by atoms with Crippen LogP contribution < -0.4 is 9.47 Å². The van der Waals surface area contributed by atoms with Gasteiger partial charge in [-0.15, -0.1) is 0 Å². The summed E-state index contributed by atoms with van der Waals surface area (Å²) in [6, 6.07) is 5.10. The van der Waals surface area contributed by atoms with E-state index < -0.39 is 8.32 Å². The predicted molar refractivity (Wildman–Crippen MR) is 105 cm³/mol. The zero-order valence-corrected chi connectivity index (χ0v) is 18.0. The summed E-state index contributed by atoms with van der Waals surface area (Å²) in [7, 11) is 1.18. The number of hydrogen-bond donors (Lipinski definition) is 0. The Hall–Kier alpha value is -1.53. The number of carbonyl (C=O) groups excluding carboxylic acids is 1. The topological polar surface area (TPSA) is 54.0 Å². The van der Waals surface area contributed by atoms with E-state index in [0.29, 0.717) is 17.1 Å². The fourth-order valence-corrected chi connectivity index (χ4v) is 4.30. The van der Waals surface area contributed by atoms with Crippen molar-refractivity contribution in [1.29, 1.82) is 0 Å². The molecule has 2 atom stereocenters. The van der Waals surface area contributed by atoms with E-state index in [0.717, 1.165) is 19.3 Å². The number of benzene rings is 1. The van der Waals surface area contributed by atoms with Gasteiger partial charge in [-0.25, -0.2) is 4.79 Å². The molecule has 0 saturated heterocycles. The predicted octanol–water partition coefficient (Wildman–Crippen LogP) is 4.80. The normalized spacial score (nSPS) is 20.7. The van der Waals surface area contributed by atoms with Crippen LogP contribution in [-0.4, -0.2) is 40.7 Å². The molecule has 5 nitrogen and oxygen atoms in total. The van der Waals surface area contributed by atoms with Crippen molar-refractivity contribution in [2.24, 2.45) is 0 Å². The van der Waals surface area contributed by atoms with Gasteiger partial charge in [-0.05, 0) is 49.2 Å². The van der Waals surface area contributed by atoms with E-state index in [1.807, 2.05) is 0 Å². The maximum atomic E-state index is 11.8. The van der Waals surface area contributed by atoms with E-state index in [1.165, 1.54) is 7.11 Å². The lowest BCUT2D eigenvalue weighted by molar-refractivity contribution is 0.0599. The lowest BCUT2D eigenvalue weighted by atomic mass is 10.2. The highest BCUT2D eigenvalue weighted by molar-refractivity contribution is 6.74. The number of carbonyl (C=O) groups is 1. The first kappa shape index (κ1) is 20.8. The summed E-state index contributed by atoms with van der Waals surface area (Å²) in [5, 5.41) is 0.198. The van der Waals surface area contributed by atoms with Crippen molar-refractivity contribution >= 4 is 14.3 Å². The molecule has 2 rings (SSSR count). The number of methoxy groups -OCH3 is 2. The average molecular weight is 381 g/mol. The lowest BCUT2D eigenvalue weighted by Gasteiger charge is -2.38. The number of esters is 1. The molecular formula is C20H32O5Si. The van der Waals surface area contributed by atoms with Crippen molar-refractivity contribution in [3.63, 3.8) is 0 Å². The molecule has 0 N–H and O–H groups in total. The monoisotopic (exact) mass is 380 g/mol. The summed E-state index contributed by atoms with van der Waals surface area (Å²) in [6.45, 7) is 11.3. The third kappa shape index (κ3) is 4.80. The first-order chi connectivity index (χ1) is 12.1. The van der Waals surface area contributed by atoms with Gasteiger partial charge in [0.15, 0.2) is 19.8 Å². The summed E-state index contributed by atoms with van der Waals surface area (Å²) in [5.41, 5.74) is 0.454. The Morgan fingerprint density at radius 3 is 2.31 bits per heavy atom. The Morgan fingerprint density at radius 1 is 1.08 bits per heavy atom. The van der Waals surface area contributed by atoms with Crippen LogP contribution in [0.25, 0.3) is 0 Å². The van der Waals surface area contributed by atoms with Crippen molar-refractivity contribution in [2.75, 3.05) is 14.2 Å². The second-order valence-electron chi connectivity index (χ2n) is 8.41. The average Bonchev–Trinajstić information content (AvgIpc) is 2.99. The highest BCUT2D eigenvalue weighted by Crippen LogP contribution is 2.40. The SMILES string of the molecule is COC(=O)c1ccc(OC)c(O[C@H]2CC[C@@H](O[Si](C)(C)C(C)(C)C)C2)c1. The summed E-state index contributed by atoms with van der Waals surface area (Å²) in [5.74, 6) is 0.808. The van der Waals surface area contributed by atoms with E-state index in [1.54, 1.807) is 25.3 Å². The minimum absolute atomic E-state index is 0.0616. The van der Waals surface area contributed by atoms with Crippen LogP contribution in [0.4, 0.5) is 0 Å². The summed E-state index contributed by atoms with van der Waals surface area (Å²) in [4.78, 5) is 11.8. The van der Waals surface area contributed by atoms with E-state index in [4.69, 9.17) is 18.6 Å². The molecule has 0 spiro atoms. The quantitative estimate of drug-likeness (QED) is 0.524. The fraction of sp³-hybridized carbons (Fsp3) is 0.650. The first-order valence-corrected chi connectivity index (χ1v) is 12.1. The van der Waals surface area contributed by atoms with Gasteiger partial charge in [0.2, 0.25) is 0 Å². The minimum Gasteiger partial charge on any atom is -0.493 e. The molecule has 1 fully saturated rings. The van der Waals surface area contributed by atoms with Gasteiger partial charge < -0.3 is 18.6 Å². The van der Waals surface area contributed by atoms with Gasteiger partial charge in [-0.3, -0.25) is 0 Å². The maximum absolute atomic E-state index is 11.8. The molecule has 1 aromatic rings. The molecule has 6 heteroatoms. The summed E-state index contributed by atoms with van der Waals surface area (Å²) >= 11 is 0. The highest BCUT2D eigenvalue weighted by atomic mass is 28.4. The third-order valence-corrected chi connectivity index (χ3v) is 10.0. The molecule has 0 amide bonds. The van der Waals surface area contributed by atoms with Crippen LogP contribution in [0.2, 0.25) is 18.1 Å². The van der Waals surface area contributed by atoms with E-state index in [2.05, 4.69) is 33.9 Å². The zero-order chi connectivity index (χ0) is 19.5. The van der Waals surface area contributed by atoms with E-state index >= 15 is 0 Å². The van der Waals surface area contributed by atoms with Gasteiger partial charge in [-0.2, -0.15) is 0 Å². The van der Waals surface area contributed by atoms with Crippen LogP contribution in [0.5, 0.6) is 11.5 Å². The standard InChI is InChI=1S/C20H32O5Si/c1-20(2,3)26(6,7)25-16-10-9-15(13-16)24-18-12-14(19(21)23-5)8-11-17(18)22-4/h8,11-12,15-16H,9-10,13H2,1-7H3/t15-,16+/m0/s1. The van der Waals surface area contributed by atoms with Crippen molar-refractivity contribution in [3.05, 3.63) is 23.8 Å². The Morgan fingerprint density at radius 2 is 1.73 bits per heavy atom. The number of hydrogen-bond acceptors (Lipinski definition) is 5. The number of rotatable bonds is 6. The second kappa shape index (κ2) is 8.01. The van der Waals surface area contributed by atoms with E-state index in [9.17, 15) is 4.79 Å². The molecule has 1 aliphatic carbocycles. The van der Waals surface area contributed by atoms with Crippen molar-refractivity contribution in [1.82, 2.24) is 0 Å². The molecule has 1 aromatic carbocycles. The van der Waals surface area contributed by atoms with Crippen LogP contribution in [0.15, 0.2) is 18.2 Å².